The summed E-state index contributed by atoms with van der Waals surface area (Å²) in [5.41, 5.74) is 4.54. The number of carbonyl (C=O) groups excluding carboxylic acids is 3. The zero-order valence-electron chi connectivity index (χ0n) is 26.6. The average molecular weight is 588 g/mol. The number of methoxy groups -OCH3 is 1. The van der Waals surface area contributed by atoms with E-state index in [-0.39, 0.29) is 41.5 Å². The van der Waals surface area contributed by atoms with Gasteiger partial charge >= 0.3 is 5.97 Å². The van der Waals surface area contributed by atoms with Crippen molar-refractivity contribution in [2.45, 2.75) is 91.1 Å². The fourth-order valence-electron chi connectivity index (χ4n) is 4.93. The molecule has 0 spiro atoms. The molecule has 2 amide bonds. The molecule has 3 aromatic rings. The topological polar surface area (TPSA) is 107 Å². The Hall–Kier alpha value is -4.20. The minimum absolute atomic E-state index is 0.0725. The first-order valence-corrected chi connectivity index (χ1v) is 15.0. The van der Waals surface area contributed by atoms with Gasteiger partial charge in [-0.15, -0.1) is 0 Å². The lowest BCUT2D eigenvalue weighted by Gasteiger charge is -2.28. The molecular formula is C35H45N3O5. The van der Waals surface area contributed by atoms with Crippen LogP contribution in [0.4, 0.5) is 0 Å². The second kappa shape index (κ2) is 15.3. The predicted octanol–water partition coefficient (Wildman–Crippen LogP) is 6.50. The van der Waals surface area contributed by atoms with E-state index in [4.69, 9.17) is 9.47 Å². The van der Waals surface area contributed by atoms with Crippen molar-refractivity contribution in [3.63, 3.8) is 0 Å². The van der Waals surface area contributed by atoms with Gasteiger partial charge in [0.1, 0.15) is 6.04 Å². The zero-order valence-corrected chi connectivity index (χ0v) is 26.6. The smallest absolute Gasteiger partial charge is 0.311 e. The standard InChI is InChI=1S/C35H45N3O5/c1-9-10-30(39)43-33-29(42-8)19-20-36-32(33)35(41)38-24(7)34(40)37-23(6)31(27-15-11-25(12-16-27)21(2)3)28-17-13-26(14-18-28)22(4)5/h11-24,31H,9-10H2,1-8H3,(H,37,40)(H,38,41)/t23-,24-/m0/s1. The lowest BCUT2D eigenvalue weighted by atomic mass is 9.84. The van der Waals surface area contributed by atoms with Crippen molar-refractivity contribution in [3.05, 3.63) is 88.7 Å². The molecule has 1 aromatic heterocycles. The lowest BCUT2D eigenvalue weighted by molar-refractivity contribution is -0.134. The molecule has 0 unspecified atom stereocenters. The summed E-state index contributed by atoms with van der Waals surface area (Å²) in [6, 6.07) is 17.4. The van der Waals surface area contributed by atoms with Crippen LogP contribution < -0.4 is 20.1 Å². The molecule has 0 aliphatic heterocycles. The van der Waals surface area contributed by atoms with Gasteiger partial charge in [-0.2, -0.15) is 0 Å². The molecule has 0 bridgehead atoms. The molecule has 2 aromatic carbocycles. The van der Waals surface area contributed by atoms with Gasteiger partial charge in [0, 0.05) is 30.6 Å². The van der Waals surface area contributed by atoms with Crippen molar-refractivity contribution < 1.29 is 23.9 Å². The SMILES string of the molecule is CCCC(=O)Oc1c(OC)ccnc1C(=O)N[C@@H](C)C(=O)N[C@@H](C)C(c1ccc(C(C)C)cc1)c1ccc(C(C)C)cc1. The molecule has 8 heteroatoms. The number of nitrogens with zero attached hydrogens (tertiary/aromatic N) is 1. The molecule has 0 saturated heterocycles. The molecule has 0 saturated carbocycles. The van der Waals surface area contributed by atoms with Gasteiger partial charge in [0.15, 0.2) is 11.4 Å². The number of pyridine rings is 1. The van der Waals surface area contributed by atoms with Crippen molar-refractivity contribution in [1.82, 2.24) is 15.6 Å². The molecule has 2 N–H and O–H groups in total. The highest BCUT2D eigenvalue weighted by Crippen LogP contribution is 2.32. The van der Waals surface area contributed by atoms with Crippen LogP contribution in [0.15, 0.2) is 60.8 Å². The maximum atomic E-state index is 13.4. The molecule has 0 aliphatic carbocycles. The van der Waals surface area contributed by atoms with Gasteiger partial charge in [-0.25, -0.2) is 4.98 Å². The maximum absolute atomic E-state index is 13.4. The van der Waals surface area contributed by atoms with Gasteiger partial charge in [0.05, 0.1) is 7.11 Å². The second-order valence-electron chi connectivity index (χ2n) is 11.5. The van der Waals surface area contributed by atoms with Crippen molar-refractivity contribution in [2.75, 3.05) is 7.11 Å². The number of rotatable bonds is 13. The van der Waals surface area contributed by atoms with Gasteiger partial charge in [0.25, 0.3) is 5.91 Å². The Bertz CT molecular complexity index is 1330. The van der Waals surface area contributed by atoms with E-state index in [1.807, 2.05) is 13.8 Å². The van der Waals surface area contributed by atoms with E-state index in [0.717, 1.165) is 11.1 Å². The van der Waals surface area contributed by atoms with Crippen LogP contribution in [0.25, 0.3) is 0 Å². The number of benzene rings is 2. The summed E-state index contributed by atoms with van der Waals surface area (Å²) in [6.07, 6.45) is 2.15. The van der Waals surface area contributed by atoms with E-state index >= 15 is 0 Å². The zero-order chi connectivity index (χ0) is 31.7. The number of ether oxygens (including phenoxy) is 2. The summed E-state index contributed by atoms with van der Waals surface area (Å²) in [4.78, 5) is 42.9. The van der Waals surface area contributed by atoms with E-state index < -0.39 is 17.9 Å². The highest BCUT2D eigenvalue weighted by Gasteiger charge is 2.28. The van der Waals surface area contributed by atoms with Gasteiger partial charge in [-0.1, -0.05) is 83.1 Å². The number of esters is 1. The second-order valence-corrected chi connectivity index (χ2v) is 11.5. The number of aromatic nitrogens is 1. The Labute approximate surface area is 255 Å². The van der Waals surface area contributed by atoms with Gasteiger partial charge < -0.3 is 20.1 Å². The molecule has 0 radical (unpaired) electrons. The summed E-state index contributed by atoms with van der Waals surface area (Å²) in [5.74, 6) is -0.671. The van der Waals surface area contributed by atoms with Crippen molar-refractivity contribution in [3.8, 4) is 11.5 Å². The highest BCUT2D eigenvalue weighted by molar-refractivity contribution is 5.99. The summed E-state index contributed by atoms with van der Waals surface area (Å²) in [5, 5.41) is 5.81. The summed E-state index contributed by atoms with van der Waals surface area (Å²) >= 11 is 0. The maximum Gasteiger partial charge on any atom is 0.311 e. The minimum Gasteiger partial charge on any atom is -0.493 e. The highest BCUT2D eigenvalue weighted by atomic mass is 16.6. The Balaban J connectivity index is 1.82. The van der Waals surface area contributed by atoms with E-state index in [1.54, 1.807) is 6.92 Å². The monoisotopic (exact) mass is 587 g/mol. The third kappa shape index (κ3) is 8.66. The van der Waals surface area contributed by atoms with Crippen LogP contribution in [-0.2, 0) is 9.59 Å². The van der Waals surface area contributed by atoms with Gasteiger partial charge in [-0.3, -0.25) is 14.4 Å². The van der Waals surface area contributed by atoms with Crippen LogP contribution >= 0.6 is 0 Å². The molecule has 8 nitrogen and oxygen atoms in total. The van der Waals surface area contributed by atoms with E-state index in [1.165, 1.54) is 30.5 Å². The third-order valence-electron chi connectivity index (χ3n) is 7.51. The lowest BCUT2D eigenvalue weighted by Crippen LogP contribution is -2.49. The van der Waals surface area contributed by atoms with Crippen LogP contribution in [0.1, 0.15) is 112 Å². The summed E-state index contributed by atoms with van der Waals surface area (Å²) < 4.78 is 10.7. The number of nitrogens with one attached hydrogen (secondary N) is 2. The summed E-state index contributed by atoms with van der Waals surface area (Å²) in [7, 11) is 1.41. The number of carbonyl (C=O) groups is 3. The number of hydrogen-bond acceptors (Lipinski definition) is 6. The number of hydrogen-bond donors (Lipinski definition) is 2. The van der Waals surface area contributed by atoms with Crippen LogP contribution in [0.3, 0.4) is 0 Å². The van der Waals surface area contributed by atoms with E-state index in [2.05, 4.69) is 91.8 Å². The van der Waals surface area contributed by atoms with E-state index in [9.17, 15) is 14.4 Å². The van der Waals surface area contributed by atoms with Gasteiger partial charge in [0.2, 0.25) is 11.7 Å². The first kappa shape index (κ1) is 33.3. The van der Waals surface area contributed by atoms with Crippen LogP contribution in [0.2, 0.25) is 0 Å². The molecule has 43 heavy (non-hydrogen) atoms. The third-order valence-corrected chi connectivity index (χ3v) is 7.51. The molecule has 230 valence electrons. The largest absolute Gasteiger partial charge is 0.493 e. The Morgan fingerprint density at radius 3 is 1.74 bits per heavy atom. The van der Waals surface area contributed by atoms with Gasteiger partial charge in [-0.05, 0) is 54.4 Å². The molecule has 3 rings (SSSR count). The minimum atomic E-state index is -0.894. The van der Waals surface area contributed by atoms with Crippen molar-refractivity contribution in [1.29, 1.82) is 0 Å². The Morgan fingerprint density at radius 1 is 0.767 bits per heavy atom. The molecule has 2 atom stereocenters. The normalized spacial score (nSPS) is 12.6. The first-order valence-electron chi connectivity index (χ1n) is 15.0. The fraction of sp³-hybridized carbons (Fsp3) is 0.429. The summed E-state index contributed by atoms with van der Waals surface area (Å²) in [6.45, 7) is 14.1. The molecule has 0 fully saturated rings. The van der Waals surface area contributed by atoms with Crippen LogP contribution in [-0.4, -0.2) is 42.0 Å². The quantitative estimate of drug-likeness (QED) is 0.221. The Kier molecular flexibility index (Phi) is 11.9. The first-order chi connectivity index (χ1) is 20.5. The molecular weight excluding hydrogens is 542 g/mol. The average Bonchev–Trinajstić information content (AvgIpc) is 2.97. The fourth-order valence-corrected chi connectivity index (χ4v) is 4.93. The number of amides is 2. The van der Waals surface area contributed by atoms with Crippen molar-refractivity contribution in [2.24, 2.45) is 0 Å². The van der Waals surface area contributed by atoms with Crippen molar-refractivity contribution >= 4 is 17.8 Å². The van der Waals surface area contributed by atoms with E-state index in [0.29, 0.717) is 18.3 Å². The van der Waals surface area contributed by atoms with Crippen LogP contribution in [0, 0.1) is 0 Å². The van der Waals surface area contributed by atoms with Crippen LogP contribution in [0.5, 0.6) is 11.5 Å². The molecule has 0 aliphatic rings. The Morgan fingerprint density at radius 2 is 1.28 bits per heavy atom. The predicted molar refractivity (Wildman–Crippen MR) is 169 cm³/mol. The molecule has 1 heterocycles.